The molecule has 0 amide bonds. The van der Waals surface area contributed by atoms with Gasteiger partial charge in [0.05, 0.1) is 0 Å². The van der Waals surface area contributed by atoms with Gasteiger partial charge in [-0.3, -0.25) is 0 Å². The number of aromatic nitrogens is 3. The number of hydrogen-bond donors (Lipinski definition) is 1. The average Bonchev–Trinajstić information content (AvgIpc) is 2.60. The summed E-state index contributed by atoms with van der Waals surface area (Å²) in [5.74, 6) is 1.06. The topological polar surface area (TPSA) is 56.7 Å². The Morgan fingerprint density at radius 3 is 2.94 bits per heavy atom. The maximum Gasteiger partial charge on any atom is 0.158 e. The average molecular weight is 220 g/mol. The molecule has 0 aliphatic carbocycles. The first-order valence-corrected chi connectivity index (χ1v) is 5.06. The van der Waals surface area contributed by atoms with Gasteiger partial charge in [0.1, 0.15) is 5.82 Å². The molecule has 2 rings (SSSR count). The summed E-state index contributed by atoms with van der Waals surface area (Å²) in [6.07, 6.45) is 0.628. The minimum absolute atomic E-state index is 0.277. The SMILES string of the molecule is Cn1nc(CCN)nc1-c1cccc(F)c1. The minimum Gasteiger partial charge on any atom is -0.330 e. The zero-order valence-corrected chi connectivity index (χ0v) is 9.02. The lowest BCUT2D eigenvalue weighted by Crippen LogP contribution is -2.04. The summed E-state index contributed by atoms with van der Waals surface area (Å²) in [6.45, 7) is 0.507. The fourth-order valence-electron chi connectivity index (χ4n) is 1.55. The first-order chi connectivity index (χ1) is 7.70. The van der Waals surface area contributed by atoms with Gasteiger partial charge in [-0.2, -0.15) is 5.10 Å². The molecule has 0 radical (unpaired) electrons. The molecule has 0 fully saturated rings. The summed E-state index contributed by atoms with van der Waals surface area (Å²) in [6, 6.07) is 6.30. The third kappa shape index (κ3) is 2.09. The molecule has 0 bridgehead atoms. The van der Waals surface area contributed by atoms with E-state index in [1.54, 1.807) is 23.9 Å². The van der Waals surface area contributed by atoms with E-state index in [4.69, 9.17) is 5.73 Å². The summed E-state index contributed by atoms with van der Waals surface area (Å²) in [7, 11) is 1.78. The number of aryl methyl sites for hydroxylation is 1. The van der Waals surface area contributed by atoms with E-state index in [1.165, 1.54) is 12.1 Å². The van der Waals surface area contributed by atoms with Gasteiger partial charge >= 0.3 is 0 Å². The maximum atomic E-state index is 13.1. The van der Waals surface area contributed by atoms with Crippen LogP contribution < -0.4 is 5.73 Å². The normalized spacial score (nSPS) is 10.7. The molecule has 0 saturated carbocycles. The first kappa shape index (κ1) is 10.8. The van der Waals surface area contributed by atoms with Crippen molar-refractivity contribution in [2.75, 3.05) is 6.54 Å². The second-order valence-electron chi connectivity index (χ2n) is 3.52. The second-order valence-corrected chi connectivity index (χ2v) is 3.52. The molecule has 1 aromatic heterocycles. The van der Waals surface area contributed by atoms with Gasteiger partial charge in [-0.25, -0.2) is 14.1 Å². The lowest BCUT2D eigenvalue weighted by molar-refractivity contribution is 0.628. The quantitative estimate of drug-likeness (QED) is 0.843. The predicted molar refractivity (Wildman–Crippen MR) is 59.2 cm³/mol. The Kier molecular flexibility index (Phi) is 2.96. The molecule has 84 valence electrons. The number of halogens is 1. The Bertz CT molecular complexity index is 492. The van der Waals surface area contributed by atoms with Crippen LogP contribution in [-0.2, 0) is 13.5 Å². The molecule has 16 heavy (non-hydrogen) atoms. The van der Waals surface area contributed by atoms with E-state index in [2.05, 4.69) is 10.1 Å². The van der Waals surface area contributed by atoms with Crippen molar-refractivity contribution in [3.8, 4) is 11.4 Å². The zero-order chi connectivity index (χ0) is 11.5. The molecule has 0 aliphatic rings. The van der Waals surface area contributed by atoms with Crippen LogP contribution in [0.2, 0.25) is 0 Å². The highest BCUT2D eigenvalue weighted by atomic mass is 19.1. The van der Waals surface area contributed by atoms with Gasteiger partial charge in [0.2, 0.25) is 0 Å². The van der Waals surface area contributed by atoms with Gasteiger partial charge < -0.3 is 5.73 Å². The van der Waals surface area contributed by atoms with Gasteiger partial charge in [0.15, 0.2) is 11.6 Å². The summed E-state index contributed by atoms with van der Waals surface area (Å²) >= 11 is 0. The third-order valence-corrected chi connectivity index (χ3v) is 2.26. The number of hydrogen-bond acceptors (Lipinski definition) is 3. The fourth-order valence-corrected chi connectivity index (χ4v) is 1.55. The van der Waals surface area contributed by atoms with Crippen LogP contribution >= 0.6 is 0 Å². The van der Waals surface area contributed by atoms with E-state index in [9.17, 15) is 4.39 Å². The van der Waals surface area contributed by atoms with Crippen molar-refractivity contribution in [3.05, 3.63) is 35.9 Å². The van der Waals surface area contributed by atoms with E-state index < -0.39 is 0 Å². The molecule has 0 saturated heterocycles. The van der Waals surface area contributed by atoms with Crippen molar-refractivity contribution in [2.24, 2.45) is 12.8 Å². The standard InChI is InChI=1S/C11H13FN4/c1-16-11(14-10(15-16)5-6-13)8-3-2-4-9(12)7-8/h2-4,7H,5-6,13H2,1H3. The highest BCUT2D eigenvalue weighted by Crippen LogP contribution is 2.17. The molecule has 0 aliphatic heterocycles. The number of benzene rings is 1. The lowest BCUT2D eigenvalue weighted by Gasteiger charge is -1.99. The van der Waals surface area contributed by atoms with Crippen LogP contribution in [0.15, 0.2) is 24.3 Å². The number of nitrogens with two attached hydrogens (primary N) is 1. The highest BCUT2D eigenvalue weighted by molar-refractivity contribution is 5.54. The van der Waals surface area contributed by atoms with Crippen LogP contribution in [-0.4, -0.2) is 21.3 Å². The largest absolute Gasteiger partial charge is 0.330 e. The van der Waals surface area contributed by atoms with E-state index in [0.717, 1.165) is 5.56 Å². The van der Waals surface area contributed by atoms with Gasteiger partial charge in [-0.05, 0) is 18.7 Å². The van der Waals surface area contributed by atoms with Gasteiger partial charge in [0, 0.05) is 19.0 Å². The molecule has 1 heterocycles. The lowest BCUT2D eigenvalue weighted by atomic mass is 10.2. The van der Waals surface area contributed by atoms with Crippen molar-refractivity contribution in [1.82, 2.24) is 14.8 Å². The molecule has 2 aromatic rings. The van der Waals surface area contributed by atoms with E-state index in [0.29, 0.717) is 24.6 Å². The molecule has 0 unspecified atom stereocenters. The molecule has 0 spiro atoms. The Morgan fingerprint density at radius 2 is 2.25 bits per heavy atom. The Balaban J connectivity index is 2.40. The van der Waals surface area contributed by atoms with E-state index in [1.807, 2.05) is 0 Å². The van der Waals surface area contributed by atoms with Crippen molar-refractivity contribution >= 4 is 0 Å². The highest BCUT2D eigenvalue weighted by Gasteiger charge is 2.09. The van der Waals surface area contributed by atoms with Crippen LogP contribution in [0, 0.1) is 5.82 Å². The predicted octanol–water partition coefficient (Wildman–Crippen LogP) is 1.12. The van der Waals surface area contributed by atoms with Crippen LogP contribution in [0.3, 0.4) is 0 Å². The smallest absolute Gasteiger partial charge is 0.158 e. The van der Waals surface area contributed by atoms with Gasteiger partial charge in [-0.15, -0.1) is 0 Å². The molecule has 4 nitrogen and oxygen atoms in total. The summed E-state index contributed by atoms with van der Waals surface area (Å²) < 4.78 is 14.7. The van der Waals surface area contributed by atoms with Crippen molar-refractivity contribution in [1.29, 1.82) is 0 Å². The zero-order valence-electron chi connectivity index (χ0n) is 9.02. The van der Waals surface area contributed by atoms with Crippen LogP contribution in [0.1, 0.15) is 5.82 Å². The molecule has 1 aromatic carbocycles. The van der Waals surface area contributed by atoms with Gasteiger partial charge in [0.25, 0.3) is 0 Å². The van der Waals surface area contributed by atoms with Crippen LogP contribution in [0.25, 0.3) is 11.4 Å². The molecular weight excluding hydrogens is 207 g/mol. The van der Waals surface area contributed by atoms with Crippen molar-refractivity contribution < 1.29 is 4.39 Å². The van der Waals surface area contributed by atoms with Crippen molar-refractivity contribution in [2.45, 2.75) is 6.42 Å². The Morgan fingerprint density at radius 1 is 1.44 bits per heavy atom. The van der Waals surface area contributed by atoms with Crippen molar-refractivity contribution in [3.63, 3.8) is 0 Å². The minimum atomic E-state index is -0.277. The summed E-state index contributed by atoms with van der Waals surface area (Å²) in [5.41, 5.74) is 6.15. The van der Waals surface area contributed by atoms with Gasteiger partial charge in [-0.1, -0.05) is 12.1 Å². The third-order valence-electron chi connectivity index (χ3n) is 2.26. The molecule has 0 atom stereocenters. The first-order valence-electron chi connectivity index (χ1n) is 5.06. The molecule has 5 heteroatoms. The maximum absolute atomic E-state index is 13.1. The Labute approximate surface area is 92.9 Å². The number of rotatable bonds is 3. The number of nitrogens with zero attached hydrogens (tertiary/aromatic N) is 3. The molecular formula is C11H13FN4. The summed E-state index contributed by atoms with van der Waals surface area (Å²) in [4.78, 5) is 4.32. The summed E-state index contributed by atoms with van der Waals surface area (Å²) in [5, 5.41) is 4.21. The molecule has 2 N–H and O–H groups in total. The van der Waals surface area contributed by atoms with Crippen LogP contribution in [0.4, 0.5) is 4.39 Å². The van der Waals surface area contributed by atoms with Crippen LogP contribution in [0.5, 0.6) is 0 Å². The van der Waals surface area contributed by atoms with E-state index >= 15 is 0 Å². The fraction of sp³-hybridized carbons (Fsp3) is 0.273. The van der Waals surface area contributed by atoms with E-state index in [-0.39, 0.29) is 5.82 Å². The second kappa shape index (κ2) is 4.40. The monoisotopic (exact) mass is 220 g/mol. The Hall–Kier alpha value is -1.75.